The molecule has 0 atom stereocenters. The Morgan fingerprint density at radius 2 is 1.86 bits per heavy atom. The molecular weight excluding hydrogens is 429 g/mol. The van der Waals surface area contributed by atoms with Crippen molar-refractivity contribution in [3.8, 4) is 5.75 Å². The maximum atomic E-state index is 13.0. The summed E-state index contributed by atoms with van der Waals surface area (Å²) in [5.41, 5.74) is 0.331. The fraction of sp³-hybridized carbons (Fsp3) is 0.0769. The number of halogens is 3. The van der Waals surface area contributed by atoms with Crippen LogP contribution in [-0.4, -0.2) is 15.5 Å². The Labute approximate surface area is 138 Å². The highest BCUT2D eigenvalue weighted by Crippen LogP contribution is 2.28. The Balaban J connectivity index is 2.39. The zero-order valence-corrected chi connectivity index (χ0v) is 14.7. The van der Waals surface area contributed by atoms with E-state index < -0.39 is 15.8 Å². The summed E-state index contributed by atoms with van der Waals surface area (Å²) in [5, 5.41) is 0. The lowest BCUT2D eigenvalue weighted by Crippen LogP contribution is -2.13. The molecular formula is C13H10Br2FNO3S. The lowest BCUT2D eigenvalue weighted by Gasteiger charge is -2.11. The summed E-state index contributed by atoms with van der Waals surface area (Å²) in [6, 6.07) is 8.21. The van der Waals surface area contributed by atoms with Gasteiger partial charge in [-0.3, -0.25) is 4.72 Å². The van der Waals surface area contributed by atoms with Crippen LogP contribution in [-0.2, 0) is 10.0 Å². The summed E-state index contributed by atoms with van der Waals surface area (Å²) in [4.78, 5) is -0.0529. The van der Waals surface area contributed by atoms with Crippen LogP contribution < -0.4 is 9.46 Å². The van der Waals surface area contributed by atoms with Gasteiger partial charge in [-0.15, -0.1) is 0 Å². The largest absolute Gasteiger partial charge is 0.497 e. The normalized spacial score (nSPS) is 11.2. The van der Waals surface area contributed by atoms with Crippen LogP contribution in [0.4, 0.5) is 10.1 Å². The first-order valence-corrected chi connectivity index (χ1v) is 8.71. The van der Waals surface area contributed by atoms with Crippen LogP contribution in [0.3, 0.4) is 0 Å². The predicted octanol–water partition coefficient (Wildman–Crippen LogP) is 4.16. The van der Waals surface area contributed by atoms with Crippen LogP contribution in [0, 0.1) is 5.82 Å². The van der Waals surface area contributed by atoms with Gasteiger partial charge in [-0.1, -0.05) is 15.9 Å². The molecule has 0 saturated heterocycles. The molecule has 2 rings (SSSR count). The van der Waals surface area contributed by atoms with Crippen molar-refractivity contribution < 1.29 is 17.5 Å². The first-order chi connectivity index (χ1) is 9.81. The van der Waals surface area contributed by atoms with E-state index in [-0.39, 0.29) is 9.37 Å². The summed E-state index contributed by atoms with van der Waals surface area (Å²) in [6.45, 7) is 0. The van der Waals surface area contributed by atoms with E-state index in [0.29, 0.717) is 15.9 Å². The summed E-state index contributed by atoms with van der Waals surface area (Å²) in [6.07, 6.45) is 0. The van der Waals surface area contributed by atoms with E-state index in [1.165, 1.54) is 13.2 Å². The molecule has 0 saturated carbocycles. The van der Waals surface area contributed by atoms with E-state index >= 15 is 0 Å². The monoisotopic (exact) mass is 437 g/mol. The van der Waals surface area contributed by atoms with Crippen LogP contribution in [0.2, 0.25) is 0 Å². The lowest BCUT2D eigenvalue weighted by atomic mass is 10.3. The van der Waals surface area contributed by atoms with Gasteiger partial charge in [0.05, 0.1) is 12.8 Å². The van der Waals surface area contributed by atoms with Gasteiger partial charge in [0.15, 0.2) is 0 Å². The molecule has 0 aromatic heterocycles. The molecule has 2 aromatic carbocycles. The highest BCUT2D eigenvalue weighted by molar-refractivity contribution is 9.10. The van der Waals surface area contributed by atoms with Crippen LogP contribution in [0.15, 0.2) is 50.2 Å². The van der Waals surface area contributed by atoms with Gasteiger partial charge in [0.25, 0.3) is 10.0 Å². The van der Waals surface area contributed by atoms with Crippen LogP contribution in [0.25, 0.3) is 0 Å². The molecule has 112 valence electrons. The maximum Gasteiger partial charge on any atom is 0.263 e. The Morgan fingerprint density at radius 3 is 2.48 bits per heavy atom. The summed E-state index contributed by atoms with van der Waals surface area (Å²) < 4.78 is 46.0. The van der Waals surface area contributed by atoms with Crippen molar-refractivity contribution in [1.82, 2.24) is 0 Å². The van der Waals surface area contributed by atoms with Crippen LogP contribution in [0.5, 0.6) is 5.75 Å². The molecule has 0 radical (unpaired) electrons. The molecule has 0 heterocycles. The molecule has 8 heteroatoms. The SMILES string of the molecule is COc1cc(Br)cc(NS(=O)(=O)c2ccc(F)cc2Br)c1. The van der Waals surface area contributed by atoms with E-state index in [1.54, 1.807) is 18.2 Å². The molecule has 1 N–H and O–H groups in total. The first-order valence-electron chi connectivity index (χ1n) is 5.64. The van der Waals surface area contributed by atoms with E-state index in [0.717, 1.165) is 12.1 Å². The predicted molar refractivity (Wildman–Crippen MR) is 85.6 cm³/mol. The van der Waals surface area contributed by atoms with Crippen LogP contribution >= 0.6 is 31.9 Å². The maximum absolute atomic E-state index is 13.0. The zero-order valence-electron chi connectivity index (χ0n) is 10.7. The van der Waals surface area contributed by atoms with Crippen molar-refractivity contribution in [1.29, 1.82) is 0 Å². The summed E-state index contributed by atoms with van der Waals surface area (Å²) >= 11 is 6.31. The van der Waals surface area contributed by atoms with Crippen LogP contribution in [0.1, 0.15) is 0 Å². The third-order valence-electron chi connectivity index (χ3n) is 2.54. The number of sulfonamides is 1. The van der Waals surface area contributed by atoms with E-state index in [4.69, 9.17) is 4.74 Å². The standard InChI is InChI=1S/C13H10Br2FNO3S/c1-20-11-5-8(14)4-10(7-11)17-21(18,19)13-3-2-9(16)6-12(13)15/h2-7,17H,1H3. The van der Waals surface area contributed by atoms with Crippen molar-refractivity contribution >= 4 is 47.6 Å². The molecule has 0 unspecified atom stereocenters. The van der Waals surface area contributed by atoms with Crippen molar-refractivity contribution in [2.45, 2.75) is 4.90 Å². The fourth-order valence-electron chi connectivity index (χ4n) is 1.64. The van der Waals surface area contributed by atoms with E-state index in [2.05, 4.69) is 36.6 Å². The molecule has 0 amide bonds. The molecule has 0 spiro atoms. The van der Waals surface area contributed by atoms with Gasteiger partial charge in [0.1, 0.15) is 16.5 Å². The first kappa shape index (κ1) is 16.3. The van der Waals surface area contributed by atoms with Gasteiger partial charge in [-0.2, -0.15) is 0 Å². The number of hydrogen-bond acceptors (Lipinski definition) is 3. The summed E-state index contributed by atoms with van der Waals surface area (Å²) in [5.74, 6) is -0.0230. The van der Waals surface area contributed by atoms with Gasteiger partial charge < -0.3 is 4.74 Å². The Hall–Kier alpha value is -1.12. The minimum absolute atomic E-state index is 0.0529. The number of methoxy groups -OCH3 is 1. The topological polar surface area (TPSA) is 55.4 Å². The average Bonchev–Trinajstić information content (AvgIpc) is 2.36. The number of benzene rings is 2. The van der Waals surface area contributed by atoms with Gasteiger partial charge in [0, 0.05) is 15.0 Å². The van der Waals surface area contributed by atoms with Gasteiger partial charge in [0.2, 0.25) is 0 Å². The Bertz CT molecular complexity index is 781. The second-order valence-corrected chi connectivity index (χ2v) is 7.48. The number of ether oxygens (including phenoxy) is 1. The van der Waals surface area contributed by atoms with E-state index in [1.807, 2.05) is 0 Å². The molecule has 0 aliphatic heterocycles. The highest BCUT2D eigenvalue weighted by atomic mass is 79.9. The molecule has 0 fully saturated rings. The Morgan fingerprint density at radius 1 is 1.14 bits per heavy atom. The lowest BCUT2D eigenvalue weighted by molar-refractivity contribution is 0.415. The van der Waals surface area contributed by atoms with Crippen molar-refractivity contribution in [2.75, 3.05) is 11.8 Å². The molecule has 2 aromatic rings. The molecule has 0 bridgehead atoms. The zero-order chi connectivity index (χ0) is 15.6. The van der Waals surface area contributed by atoms with E-state index in [9.17, 15) is 12.8 Å². The average molecular weight is 439 g/mol. The number of hydrogen-bond donors (Lipinski definition) is 1. The van der Waals surface area contributed by atoms with Gasteiger partial charge in [-0.05, 0) is 46.3 Å². The second kappa shape index (κ2) is 6.33. The van der Waals surface area contributed by atoms with Crippen molar-refractivity contribution in [2.24, 2.45) is 0 Å². The number of anilines is 1. The van der Waals surface area contributed by atoms with Gasteiger partial charge >= 0.3 is 0 Å². The third kappa shape index (κ3) is 3.96. The minimum Gasteiger partial charge on any atom is -0.497 e. The fourth-order valence-corrected chi connectivity index (χ4v) is 4.21. The third-order valence-corrected chi connectivity index (χ3v) is 5.36. The minimum atomic E-state index is -3.84. The number of nitrogens with one attached hydrogen (secondary N) is 1. The van der Waals surface area contributed by atoms with Gasteiger partial charge in [-0.25, -0.2) is 12.8 Å². The molecule has 0 aliphatic carbocycles. The summed E-state index contributed by atoms with van der Waals surface area (Å²) in [7, 11) is -2.36. The van der Waals surface area contributed by atoms with Crippen molar-refractivity contribution in [3.63, 3.8) is 0 Å². The van der Waals surface area contributed by atoms with Crippen molar-refractivity contribution in [3.05, 3.63) is 51.2 Å². The molecule has 4 nitrogen and oxygen atoms in total. The second-order valence-electron chi connectivity index (χ2n) is 4.06. The molecule has 21 heavy (non-hydrogen) atoms. The molecule has 0 aliphatic rings. The number of rotatable bonds is 4. The quantitative estimate of drug-likeness (QED) is 0.779. The highest BCUT2D eigenvalue weighted by Gasteiger charge is 2.18. The smallest absolute Gasteiger partial charge is 0.263 e. The Kier molecular flexibility index (Phi) is 4.90.